The van der Waals surface area contributed by atoms with Crippen LogP contribution in [0.25, 0.3) is 0 Å². The highest BCUT2D eigenvalue weighted by molar-refractivity contribution is 7.92. The van der Waals surface area contributed by atoms with Crippen molar-refractivity contribution in [3.05, 3.63) is 0 Å². The van der Waals surface area contributed by atoms with Crippen molar-refractivity contribution < 1.29 is 23.1 Å². The molecule has 0 aliphatic carbocycles. The molecule has 0 saturated heterocycles. The van der Waals surface area contributed by atoms with Gasteiger partial charge in [-0.2, -0.15) is 0 Å². The van der Waals surface area contributed by atoms with Crippen molar-refractivity contribution in [1.82, 2.24) is 0 Å². The van der Waals surface area contributed by atoms with E-state index in [9.17, 15) is 13.2 Å². The molecule has 0 saturated carbocycles. The number of ether oxygens (including phenoxy) is 1. The van der Waals surface area contributed by atoms with Crippen LogP contribution in [-0.2, 0) is 19.4 Å². The average molecular weight is 266 g/mol. The third kappa shape index (κ3) is 6.02. The minimum atomic E-state index is -3.67. The molecular formula is C11H22O5S. The van der Waals surface area contributed by atoms with Gasteiger partial charge in [-0.15, -0.1) is 0 Å². The lowest BCUT2D eigenvalue weighted by Gasteiger charge is -2.21. The van der Waals surface area contributed by atoms with E-state index in [0.29, 0.717) is 0 Å². The Morgan fingerprint density at radius 1 is 1.29 bits per heavy atom. The molecule has 0 rings (SSSR count). The Morgan fingerprint density at radius 3 is 2.06 bits per heavy atom. The summed E-state index contributed by atoms with van der Waals surface area (Å²) in [5.74, 6) is -2.01. The fraction of sp³-hybridized carbons (Fsp3) is 0.909. The summed E-state index contributed by atoms with van der Waals surface area (Å²) in [6, 6.07) is 0. The maximum atomic E-state index is 11.8. The number of hydrogen-bond donors (Lipinski definition) is 1. The van der Waals surface area contributed by atoms with Crippen LogP contribution in [-0.4, -0.2) is 42.7 Å². The normalized spacial score (nSPS) is 14.9. The van der Waals surface area contributed by atoms with Gasteiger partial charge in [0.1, 0.15) is 0 Å². The van der Waals surface area contributed by atoms with Crippen molar-refractivity contribution in [2.24, 2.45) is 5.92 Å². The highest BCUT2D eigenvalue weighted by Gasteiger charge is 2.35. The zero-order valence-electron chi connectivity index (χ0n) is 11.1. The van der Waals surface area contributed by atoms with Gasteiger partial charge >= 0.3 is 5.97 Å². The molecule has 5 nitrogen and oxygen atoms in total. The lowest BCUT2D eigenvalue weighted by atomic mass is 10.1. The molecule has 0 spiro atoms. The summed E-state index contributed by atoms with van der Waals surface area (Å²) in [4.78, 5) is 10.9. The third-order valence-electron chi connectivity index (χ3n) is 2.14. The smallest absolute Gasteiger partial charge is 0.322 e. The number of carboxylic acids is 1. The summed E-state index contributed by atoms with van der Waals surface area (Å²) in [6.45, 7) is 8.63. The molecule has 6 heteroatoms. The van der Waals surface area contributed by atoms with Crippen LogP contribution in [0.3, 0.4) is 0 Å². The zero-order valence-corrected chi connectivity index (χ0v) is 11.9. The number of carboxylic acid groups (broad SMARTS) is 1. The zero-order chi connectivity index (χ0) is 13.9. The Kier molecular flexibility index (Phi) is 5.61. The lowest BCUT2D eigenvalue weighted by Crippen LogP contribution is -2.38. The van der Waals surface area contributed by atoms with Gasteiger partial charge in [-0.3, -0.25) is 4.79 Å². The van der Waals surface area contributed by atoms with Crippen LogP contribution in [0.4, 0.5) is 0 Å². The molecule has 0 bridgehead atoms. The first-order chi connectivity index (χ1) is 7.47. The van der Waals surface area contributed by atoms with Crippen LogP contribution in [0.5, 0.6) is 0 Å². The monoisotopic (exact) mass is 266 g/mol. The highest BCUT2D eigenvalue weighted by Crippen LogP contribution is 2.15. The maximum absolute atomic E-state index is 11.8. The first-order valence-electron chi connectivity index (χ1n) is 5.55. The van der Waals surface area contributed by atoms with Gasteiger partial charge in [-0.05, 0) is 26.7 Å². The van der Waals surface area contributed by atoms with E-state index in [0.717, 1.165) is 0 Å². The SMILES string of the molecule is CC(C)C(C(=O)O)S(=O)(=O)CCOC(C)(C)C. The number of aliphatic carboxylic acids is 1. The van der Waals surface area contributed by atoms with E-state index in [1.54, 1.807) is 13.8 Å². The Hall–Kier alpha value is -0.620. The summed E-state index contributed by atoms with van der Waals surface area (Å²) >= 11 is 0. The Labute approximate surface area is 103 Å². The first-order valence-corrected chi connectivity index (χ1v) is 7.27. The molecule has 0 aromatic heterocycles. The van der Waals surface area contributed by atoms with Gasteiger partial charge in [0.15, 0.2) is 15.1 Å². The minimum absolute atomic E-state index is 0.0162. The number of carbonyl (C=O) groups is 1. The standard InChI is InChI=1S/C11H22O5S/c1-8(2)9(10(12)13)17(14,15)7-6-16-11(3,4)5/h8-9H,6-7H2,1-5H3,(H,12,13). The molecule has 1 atom stereocenters. The molecule has 0 aromatic rings. The van der Waals surface area contributed by atoms with Crippen molar-refractivity contribution in [1.29, 1.82) is 0 Å². The highest BCUT2D eigenvalue weighted by atomic mass is 32.2. The van der Waals surface area contributed by atoms with Crippen molar-refractivity contribution in [2.45, 2.75) is 45.5 Å². The molecule has 0 aliphatic heterocycles. The molecular weight excluding hydrogens is 244 g/mol. The summed E-state index contributed by atoms with van der Waals surface area (Å²) in [6.07, 6.45) is 0. The van der Waals surface area contributed by atoms with E-state index in [2.05, 4.69) is 0 Å². The summed E-state index contributed by atoms with van der Waals surface area (Å²) in [5.41, 5.74) is -0.425. The number of sulfone groups is 1. The van der Waals surface area contributed by atoms with Crippen LogP contribution in [0.1, 0.15) is 34.6 Å². The largest absolute Gasteiger partial charge is 0.480 e. The van der Waals surface area contributed by atoms with Gasteiger partial charge in [0, 0.05) is 0 Å². The fourth-order valence-electron chi connectivity index (χ4n) is 1.44. The van der Waals surface area contributed by atoms with Crippen LogP contribution < -0.4 is 0 Å². The van der Waals surface area contributed by atoms with Crippen molar-refractivity contribution in [3.8, 4) is 0 Å². The Balaban J connectivity index is 4.62. The minimum Gasteiger partial charge on any atom is -0.480 e. The third-order valence-corrected chi connectivity index (χ3v) is 4.39. The molecule has 17 heavy (non-hydrogen) atoms. The quantitative estimate of drug-likeness (QED) is 0.784. The molecule has 0 radical (unpaired) electrons. The van der Waals surface area contributed by atoms with Gasteiger partial charge in [0.2, 0.25) is 0 Å². The van der Waals surface area contributed by atoms with Gasteiger partial charge in [0.25, 0.3) is 0 Å². The molecule has 0 aliphatic rings. The second kappa shape index (κ2) is 5.82. The maximum Gasteiger partial charge on any atom is 0.322 e. The van der Waals surface area contributed by atoms with Gasteiger partial charge in [0.05, 0.1) is 18.0 Å². The second-order valence-corrected chi connectivity index (χ2v) is 7.57. The van der Waals surface area contributed by atoms with Crippen molar-refractivity contribution >= 4 is 15.8 Å². The van der Waals surface area contributed by atoms with Crippen LogP contribution in [0.2, 0.25) is 0 Å². The molecule has 0 amide bonds. The number of hydrogen-bond acceptors (Lipinski definition) is 4. The van der Waals surface area contributed by atoms with Crippen molar-refractivity contribution in [3.63, 3.8) is 0 Å². The molecule has 0 aromatic carbocycles. The second-order valence-electron chi connectivity index (χ2n) is 5.33. The van der Waals surface area contributed by atoms with Crippen LogP contribution in [0, 0.1) is 5.92 Å². The van der Waals surface area contributed by atoms with Gasteiger partial charge in [-0.25, -0.2) is 8.42 Å². The predicted molar refractivity (Wildman–Crippen MR) is 65.8 cm³/mol. The lowest BCUT2D eigenvalue weighted by molar-refractivity contribution is -0.137. The van der Waals surface area contributed by atoms with Gasteiger partial charge < -0.3 is 9.84 Å². The van der Waals surface area contributed by atoms with E-state index in [-0.39, 0.29) is 12.4 Å². The van der Waals surface area contributed by atoms with E-state index < -0.39 is 32.6 Å². The molecule has 0 heterocycles. The fourth-order valence-corrected chi connectivity index (χ4v) is 3.15. The summed E-state index contributed by atoms with van der Waals surface area (Å²) in [5, 5.41) is 7.56. The predicted octanol–water partition coefficient (Wildman–Crippen LogP) is 1.33. The topological polar surface area (TPSA) is 80.7 Å². The van der Waals surface area contributed by atoms with E-state index in [1.807, 2.05) is 20.8 Å². The average Bonchev–Trinajstić information content (AvgIpc) is 1.96. The Bertz CT molecular complexity index is 351. The molecule has 102 valence electrons. The molecule has 1 N–H and O–H groups in total. The summed E-state index contributed by atoms with van der Waals surface area (Å²) < 4.78 is 29.0. The molecule has 0 fully saturated rings. The van der Waals surface area contributed by atoms with E-state index >= 15 is 0 Å². The van der Waals surface area contributed by atoms with Crippen LogP contribution >= 0.6 is 0 Å². The Morgan fingerprint density at radius 2 is 1.76 bits per heavy atom. The van der Waals surface area contributed by atoms with Crippen molar-refractivity contribution in [2.75, 3.05) is 12.4 Å². The van der Waals surface area contributed by atoms with E-state index in [4.69, 9.17) is 9.84 Å². The van der Waals surface area contributed by atoms with E-state index in [1.165, 1.54) is 0 Å². The molecule has 1 unspecified atom stereocenters. The number of rotatable bonds is 6. The van der Waals surface area contributed by atoms with Crippen LogP contribution in [0.15, 0.2) is 0 Å². The van der Waals surface area contributed by atoms with Gasteiger partial charge in [-0.1, -0.05) is 13.8 Å². The first kappa shape index (κ1) is 16.4. The summed E-state index contributed by atoms with van der Waals surface area (Å²) in [7, 11) is -3.67.